The summed E-state index contributed by atoms with van der Waals surface area (Å²) in [6, 6.07) is 16.7. The summed E-state index contributed by atoms with van der Waals surface area (Å²) in [7, 11) is 1.66. The highest BCUT2D eigenvalue weighted by Gasteiger charge is 2.23. The molecule has 3 aromatic rings. The van der Waals surface area contributed by atoms with Crippen LogP contribution in [0.1, 0.15) is 57.3 Å². The SMILES string of the molecule is COc1ccc(C(CNC(=O)c2ccc(C)c(NC(=O)c3ccco3)c2)N2CCCCC2)cc1. The Balaban J connectivity index is 1.47. The van der Waals surface area contributed by atoms with Crippen molar-refractivity contribution >= 4 is 17.5 Å². The Morgan fingerprint density at radius 1 is 1.03 bits per heavy atom. The molecule has 2 amide bonds. The van der Waals surface area contributed by atoms with Crippen LogP contribution in [-0.4, -0.2) is 43.5 Å². The lowest BCUT2D eigenvalue weighted by molar-refractivity contribution is 0.0923. The topological polar surface area (TPSA) is 83.8 Å². The first-order valence-electron chi connectivity index (χ1n) is 11.7. The summed E-state index contributed by atoms with van der Waals surface area (Å²) in [5.74, 6) is 0.506. The molecule has 1 aliphatic heterocycles. The van der Waals surface area contributed by atoms with E-state index in [9.17, 15) is 9.59 Å². The molecule has 1 atom stereocenters. The lowest BCUT2D eigenvalue weighted by Gasteiger charge is -2.35. The quantitative estimate of drug-likeness (QED) is 0.503. The Labute approximate surface area is 200 Å². The molecule has 1 aromatic heterocycles. The Morgan fingerprint density at radius 2 is 1.79 bits per heavy atom. The van der Waals surface area contributed by atoms with Crippen LogP contribution in [0.5, 0.6) is 5.75 Å². The lowest BCUT2D eigenvalue weighted by atomic mass is 10.0. The van der Waals surface area contributed by atoms with Crippen LogP contribution in [0.3, 0.4) is 0 Å². The van der Waals surface area contributed by atoms with E-state index in [4.69, 9.17) is 9.15 Å². The smallest absolute Gasteiger partial charge is 0.291 e. The molecule has 7 heteroatoms. The fourth-order valence-corrected chi connectivity index (χ4v) is 4.29. The zero-order valence-electron chi connectivity index (χ0n) is 19.7. The third kappa shape index (κ3) is 5.66. The van der Waals surface area contributed by atoms with E-state index in [2.05, 4.69) is 27.7 Å². The molecule has 1 fully saturated rings. The number of ether oxygens (including phenoxy) is 1. The first-order chi connectivity index (χ1) is 16.5. The second kappa shape index (κ2) is 11.0. The summed E-state index contributed by atoms with van der Waals surface area (Å²) in [5.41, 5.74) is 3.09. The predicted molar refractivity (Wildman–Crippen MR) is 131 cm³/mol. The number of hydrogen-bond donors (Lipinski definition) is 2. The van der Waals surface area contributed by atoms with Gasteiger partial charge in [-0.2, -0.15) is 0 Å². The molecule has 2 N–H and O–H groups in total. The molecule has 1 unspecified atom stereocenters. The maximum atomic E-state index is 13.1. The second-order valence-electron chi connectivity index (χ2n) is 8.56. The van der Waals surface area contributed by atoms with Crippen molar-refractivity contribution in [3.05, 3.63) is 83.3 Å². The van der Waals surface area contributed by atoms with Crippen molar-refractivity contribution in [2.45, 2.75) is 32.2 Å². The minimum Gasteiger partial charge on any atom is -0.497 e. The average Bonchev–Trinajstić information content (AvgIpc) is 3.42. The molecule has 0 aliphatic carbocycles. The largest absolute Gasteiger partial charge is 0.497 e. The van der Waals surface area contributed by atoms with Crippen molar-refractivity contribution in [3.63, 3.8) is 0 Å². The van der Waals surface area contributed by atoms with E-state index in [-0.39, 0.29) is 23.6 Å². The fourth-order valence-electron chi connectivity index (χ4n) is 4.29. The van der Waals surface area contributed by atoms with Gasteiger partial charge in [0.15, 0.2) is 5.76 Å². The summed E-state index contributed by atoms with van der Waals surface area (Å²) < 4.78 is 10.5. The lowest BCUT2D eigenvalue weighted by Crippen LogP contribution is -2.40. The minimum atomic E-state index is -0.352. The number of methoxy groups -OCH3 is 1. The molecule has 178 valence electrons. The van der Waals surface area contributed by atoms with E-state index in [1.807, 2.05) is 25.1 Å². The van der Waals surface area contributed by atoms with Crippen LogP contribution in [0.4, 0.5) is 5.69 Å². The maximum absolute atomic E-state index is 13.1. The number of hydrogen-bond acceptors (Lipinski definition) is 5. The molecule has 0 radical (unpaired) electrons. The first kappa shape index (κ1) is 23.6. The standard InChI is InChI=1S/C27H31N3O4/c1-19-8-9-21(17-23(19)29-27(32)25-7-6-16-34-25)26(31)28-18-24(30-14-4-3-5-15-30)20-10-12-22(33-2)13-11-20/h6-13,16-17,24H,3-5,14-15,18H2,1-2H3,(H,28,31)(H,29,32). The molecule has 0 spiro atoms. The number of furan rings is 1. The van der Waals surface area contributed by atoms with Gasteiger partial charge in [-0.3, -0.25) is 14.5 Å². The van der Waals surface area contributed by atoms with Crippen LogP contribution in [0.15, 0.2) is 65.3 Å². The summed E-state index contributed by atoms with van der Waals surface area (Å²) in [6.45, 7) is 4.41. The number of anilines is 1. The Morgan fingerprint density at radius 3 is 2.47 bits per heavy atom. The van der Waals surface area contributed by atoms with Crippen LogP contribution in [0.2, 0.25) is 0 Å². The summed E-state index contributed by atoms with van der Waals surface area (Å²) in [6.07, 6.45) is 5.02. The van der Waals surface area contributed by atoms with Crippen molar-refractivity contribution in [2.75, 3.05) is 32.1 Å². The minimum absolute atomic E-state index is 0.0822. The number of benzene rings is 2. The van der Waals surface area contributed by atoms with E-state index in [0.717, 1.165) is 42.8 Å². The first-order valence-corrected chi connectivity index (χ1v) is 11.7. The van der Waals surface area contributed by atoms with E-state index >= 15 is 0 Å². The zero-order chi connectivity index (χ0) is 23.9. The highest BCUT2D eigenvalue weighted by molar-refractivity contribution is 6.03. The van der Waals surface area contributed by atoms with Crippen molar-refractivity contribution in [2.24, 2.45) is 0 Å². The molecule has 4 rings (SSSR count). The van der Waals surface area contributed by atoms with Crippen molar-refractivity contribution in [1.29, 1.82) is 0 Å². The van der Waals surface area contributed by atoms with Crippen molar-refractivity contribution in [3.8, 4) is 5.75 Å². The zero-order valence-corrected chi connectivity index (χ0v) is 19.7. The normalized spacial score (nSPS) is 14.9. The highest BCUT2D eigenvalue weighted by Crippen LogP contribution is 2.26. The van der Waals surface area contributed by atoms with Crippen LogP contribution in [0.25, 0.3) is 0 Å². The number of carbonyl (C=O) groups is 2. The number of carbonyl (C=O) groups excluding carboxylic acids is 2. The number of aryl methyl sites for hydroxylation is 1. The molecule has 2 heterocycles. The molecule has 1 aliphatic rings. The average molecular weight is 462 g/mol. The number of piperidine rings is 1. The number of nitrogens with one attached hydrogen (secondary N) is 2. The van der Waals surface area contributed by atoms with Gasteiger partial charge in [-0.15, -0.1) is 0 Å². The molecular weight excluding hydrogens is 430 g/mol. The van der Waals surface area contributed by atoms with E-state index in [0.29, 0.717) is 17.8 Å². The van der Waals surface area contributed by atoms with Gasteiger partial charge in [-0.1, -0.05) is 24.6 Å². The molecule has 0 saturated carbocycles. The number of rotatable bonds is 8. The van der Waals surface area contributed by atoms with Crippen LogP contribution in [-0.2, 0) is 0 Å². The summed E-state index contributed by atoms with van der Waals surface area (Å²) >= 11 is 0. The highest BCUT2D eigenvalue weighted by atomic mass is 16.5. The van der Waals surface area contributed by atoms with E-state index in [1.54, 1.807) is 31.4 Å². The third-order valence-corrected chi connectivity index (χ3v) is 6.28. The van der Waals surface area contributed by atoms with Crippen LogP contribution >= 0.6 is 0 Å². The van der Waals surface area contributed by atoms with Gasteiger partial charge < -0.3 is 19.8 Å². The van der Waals surface area contributed by atoms with Gasteiger partial charge in [0.2, 0.25) is 0 Å². The predicted octanol–water partition coefficient (Wildman–Crippen LogP) is 4.81. The van der Waals surface area contributed by atoms with Gasteiger partial charge in [0, 0.05) is 17.8 Å². The number of nitrogens with zero attached hydrogens (tertiary/aromatic N) is 1. The van der Waals surface area contributed by atoms with Gasteiger partial charge in [-0.05, 0) is 80.4 Å². The van der Waals surface area contributed by atoms with E-state index in [1.165, 1.54) is 12.7 Å². The fraction of sp³-hybridized carbons (Fsp3) is 0.333. The number of likely N-dealkylation sites (tertiary alicyclic amines) is 1. The van der Waals surface area contributed by atoms with Crippen molar-refractivity contribution in [1.82, 2.24) is 10.2 Å². The van der Waals surface area contributed by atoms with Gasteiger partial charge in [0.25, 0.3) is 11.8 Å². The summed E-state index contributed by atoms with van der Waals surface area (Å²) in [5, 5.41) is 5.94. The Kier molecular flexibility index (Phi) is 7.65. The molecule has 7 nitrogen and oxygen atoms in total. The van der Waals surface area contributed by atoms with Gasteiger partial charge in [0.1, 0.15) is 5.75 Å². The molecule has 2 aromatic carbocycles. The Bertz CT molecular complexity index is 1100. The molecule has 0 bridgehead atoms. The van der Waals surface area contributed by atoms with Crippen LogP contribution < -0.4 is 15.4 Å². The third-order valence-electron chi connectivity index (χ3n) is 6.28. The van der Waals surface area contributed by atoms with Gasteiger partial charge in [0.05, 0.1) is 19.4 Å². The monoisotopic (exact) mass is 461 g/mol. The van der Waals surface area contributed by atoms with Crippen LogP contribution in [0, 0.1) is 6.92 Å². The molecular formula is C27H31N3O4. The second-order valence-corrected chi connectivity index (χ2v) is 8.56. The number of amides is 2. The summed E-state index contributed by atoms with van der Waals surface area (Å²) in [4.78, 5) is 27.9. The maximum Gasteiger partial charge on any atom is 0.291 e. The molecule has 34 heavy (non-hydrogen) atoms. The Hall–Kier alpha value is -3.58. The van der Waals surface area contributed by atoms with Gasteiger partial charge >= 0.3 is 0 Å². The van der Waals surface area contributed by atoms with Crippen molar-refractivity contribution < 1.29 is 18.7 Å². The van der Waals surface area contributed by atoms with Gasteiger partial charge in [-0.25, -0.2) is 0 Å². The van der Waals surface area contributed by atoms with E-state index < -0.39 is 0 Å². The molecule has 1 saturated heterocycles.